The van der Waals surface area contributed by atoms with Crippen molar-refractivity contribution in [2.24, 2.45) is 0 Å². The lowest BCUT2D eigenvalue weighted by atomic mass is 10.2. The molecule has 112 valence electrons. The van der Waals surface area contributed by atoms with Gasteiger partial charge in [-0.3, -0.25) is 4.79 Å². The minimum absolute atomic E-state index is 0.0636. The van der Waals surface area contributed by atoms with Gasteiger partial charge in [-0.05, 0) is 31.5 Å². The number of nitrogens with zero attached hydrogens (tertiary/aromatic N) is 1. The summed E-state index contributed by atoms with van der Waals surface area (Å²) in [4.78, 5) is 12.9. The number of aryl methyl sites for hydroxylation is 1. The molecule has 0 bridgehead atoms. The Bertz CT molecular complexity index is 629. The average molecular weight is 320 g/mol. The normalized spacial score (nSPS) is 13.1. The Balaban J connectivity index is 3.12. The van der Waals surface area contributed by atoms with Gasteiger partial charge in [0.2, 0.25) is 15.9 Å². The number of amides is 1. The topological polar surface area (TPSA) is 92.5 Å². The molecular formula is C12H18ClN3O3S. The number of rotatable bonds is 4. The Morgan fingerprint density at radius 1 is 1.40 bits per heavy atom. The molecule has 1 unspecified atom stereocenters. The Morgan fingerprint density at radius 2 is 1.95 bits per heavy atom. The van der Waals surface area contributed by atoms with Gasteiger partial charge in [-0.25, -0.2) is 8.42 Å². The first kappa shape index (κ1) is 16.7. The number of likely N-dealkylation sites (N-methyl/N-ethyl adjacent to an activating group) is 1. The maximum atomic E-state index is 12.2. The largest absolute Gasteiger partial charge is 0.398 e. The molecule has 0 saturated carbocycles. The lowest BCUT2D eigenvalue weighted by Crippen LogP contribution is -2.44. The Kier molecular flexibility index (Phi) is 5.01. The zero-order valence-corrected chi connectivity index (χ0v) is 13.3. The molecular weight excluding hydrogens is 302 g/mol. The van der Waals surface area contributed by atoms with Gasteiger partial charge in [0.1, 0.15) is 4.90 Å². The lowest BCUT2D eigenvalue weighted by molar-refractivity contribution is -0.130. The standard InChI is InChI=1S/C12H18ClN3O3S/c1-7-5-9(13)11(6-10(7)14)20(18,19)15-8(2)12(17)16(3)4/h5-6,8,15H,14H2,1-4H3. The van der Waals surface area contributed by atoms with Crippen LogP contribution in [0.4, 0.5) is 5.69 Å². The summed E-state index contributed by atoms with van der Waals surface area (Å²) < 4.78 is 26.7. The molecule has 20 heavy (non-hydrogen) atoms. The van der Waals surface area contributed by atoms with Crippen molar-refractivity contribution in [2.45, 2.75) is 24.8 Å². The lowest BCUT2D eigenvalue weighted by Gasteiger charge is -2.18. The van der Waals surface area contributed by atoms with E-state index in [9.17, 15) is 13.2 Å². The molecule has 8 heteroatoms. The molecule has 0 aliphatic heterocycles. The highest BCUT2D eigenvalue weighted by atomic mass is 35.5. The first-order valence-corrected chi connectivity index (χ1v) is 7.71. The third-order valence-electron chi connectivity index (χ3n) is 2.75. The molecule has 0 heterocycles. The molecule has 6 nitrogen and oxygen atoms in total. The van der Waals surface area contributed by atoms with Crippen molar-refractivity contribution in [3.05, 3.63) is 22.7 Å². The second-order valence-corrected chi connectivity index (χ2v) is 6.80. The van der Waals surface area contributed by atoms with E-state index in [4.69, 9.17) is 17.3 Å². The van der Waals surface area contributed by atoms with Gasteiger partial charge >= 0.3 is 0 Å². The predicted molar refractivity (Wildman–Crippen MR) is 79.1 cm³/mol. The van der Waals surface area contributed by atoms with Crippen molar-refractivity contribution < 1.29 is 13.2 Å². The average Bonchev–Trinajstić information content (AvgIpc) is 2.31. The number of halogens is 1. The third-order valence-corrected chi connectivity index (χ3v) is 4.76. The molecule has 1 atom stereocenters. The Labute approximate surface area is 123 Å². The van der Waals surface area contributed by atoms with Gasteiger partial charge in [0.15, 0.2) is 0 Å². The minimum Gasteiger partial charge on any atom is -0.398 e. The molecule has 1 amide bonds. The second-order valence-electron chi connectivity index (χ2n) is 4.71. The molecule has 1 aromatic rings. The predicted octanol–water partition coefficient (Wildman–Crippen LogP) is 0.986. The van der Waals surface area contributed by atoms with E-state index in [1.165, 1.54) is 24.0 Å². The highest BCUT2D eigenvalue weighted by molar-refractivity contribution is 7.89. The van der Waals surface area contributed by atoms with E-state index in [0.29, 0.717) is 11.3 Å². The SMILES string of the molecule is Cc1cc(Cl)c(S(=O)(=O)NC(C)C(=O)N(C)C)cc1N. The molecule has 0 radical (unpaired) electrons. The summed E-state index contributed by atoms with van der Waals surface area (Å²) in [6.45, 7) is 3.19. The van der Waals surface area contributed by atoms with Gasteiger partial charge in [0.05, 0.1) is 11.1 Å². The van der Waals surface area contributed by atoms with Crippen LogP contribution < -0.4 is 10.5 Å². The zero-order chi connectivity index (χ0) is 15.7. The van der Waals surface area contributed by atoms with Crippen LogP contribution in [0.1, 0.15) is 12.5 Å². The number of carbonyl (C=O) groups is 1. The summed E-state index contributed by atoms with van der Waals surface area (Å²) in [5, 5.41) is 0.0636. The monoisotopic (exact) mass is 319 g/mol. The molecule has 1 aromatic carbocycles. The Hall–Kier alpha value is -1.31. The number of nitrogens with two attached hydrogens (primary N) is 1. The van der Waals surface area contributed by atoms with Gasteiger partial charge in [-0.2, -0.15) is 4.72 Å². The number of carbonyl (C=O) groups excluding carboxylic acids is 1. The fourth-order valence-corrected chi connectivity index (χ4v) is 3.42. The van der Waals surface area contributed by atoms with Gasteiger partial charge in [0.25, 0.3) is 0 Å². The number of hydrogen-bond acceptors (Lipinski definition) is 4. The van der Waals surface area contributed by atoms with Crippen molar-refractivity contribution in [3.8, 4) is 0 Å². The van der Waals surface area contributed by atoms with Crippen LogP contribution in [0.5, 0.6) is 0 Å². The molecule has 1 rings (SSSR count). The number of nitrogen functional groups attached to an aromatic ring is 1. The van der Waals surface area contributed by atoms with Gasteiger partial charge < -0.3 is 10.6 Å². The van der Waals surface area contributed by atoms with Crippen molar-refractivity contribution in [2.75, 3.05) is 19.8 Å². The summed E-state index contributed by atoms with van der Waals surface area (Å²) in [6.07, 6.45) is 0. The fourth-order valence-electron chi connectivity index (χ4n) is 1.61. The van der Waals surface area contributed by atoms with E-state index < -0.39 is 16.1 Å². The van der Waals surface area contributed by atoms with Crippen LogP contribution in [0.15, 0.2) is 17.0 Å². The summed E-state index contributed by atoms with van der Waals surface area (Å²) in [6, 6.07) is 1.87. The van der Waals surface area contributed by atoms with E-state index in [2.05, 4.69) is 4.72 Å². The number of hydrogen-bond donors (Lipinski definition) is 2. The maximum Gasteiger partial charge on any atom is 0.242 e. The summed E-state index contributed by atoms with van der Waals surface area (Å²) in [7, 11) is -0.826. The fraction of sp³-hybridized carbons (Fsp3) is 0.417. The van der Waals surface area contributed by atoms with E-state index in [0.717, 1.165) is 0 Å². The van der Waals surface area contributed by atoms with Crippen LogP contribution in [0.2, 0.25) is 5.02 Å². The summed E-state index contributed by atoms with van der Waals surface area (Å²) in [5.41, 5.74) is 6.71. The molecule has 0 aliphatic rings. The summed E-state index contributed by atoms with van der Waals surface area (Å²) in [5.74, 6) is -0.357. The third kappa shape index (κ3) is 3.62. The molecule has 0 aliphatic carbocycles. The first-order chi connectivity index (χ1) is 9.06. The minimum atomic E-state index is -3.92. The van der Waals surface area contributed by atoms with Crippen LogP contribution in [0.25, 0.3) is 0 Å². The van der Waals surface area contributed by atoms with E-state index in [1.54, 1.807) is 21.0 Å². The number of benzene rings is 1. The number of sulfonamides is 1. The van der Waals surface area contributed by atoms with Crippen LogP contribution >= 0.6 is 11.6 Å². The number of nitrogens with one attached hydrogen (secondary N) is 1. The molecule has 0 saturated heterocycles. The maximum absolute atomic E-state index is 12.2. The smallest absolute Gasteiger partial charge is 0.242 e. The summed E-state index contributed by atoms with van der Waals surface area (Å²) >= 11 is 5.94. The first-order valence-electron chi connectivity index (χ1n) is 5.85. The van der Waals surface area contributed by atoms with Gasteiger partial charge in [0, 0.05) is 19.8 Å². The van der Waals surface area contributed by atoms with Crippen LogP contribution in [0, 0.1) is 6.92 Å². The van der Waals surface area contributed by atoms with Crippen molar-refractivity contribution >= 4 is 33.2 Å². The van der Waals surface area contributed by atoms with Gasteiger partial charge in [-0.15, -0.1) is 0 Å². The molecule has 3 N–H and O–H groups in total. The molecule has 0 spiro atoms. The van der Waals surface area contributed by atoms with Gasteiger partial charge in [-0.1, -0.05) is 11.6 Å². The zero-order valence-electron chi connectivity index (χ0n) is 11.8. The van der Waals surface area contributed by atoms with Crippen LogP contribution in [0.3, 0.4) is 0 Å². The second kappa shape index (κ2) is 5.99. The molecule has 0 fully saturated rings. The highest BCUT2D eigenvalue weighted by Gasteiger charge is 2.25. The van der Waals surface area contributed by atoms with Crippen LogP contribution in [-0.4, -0.2) is 39.4 Å². The number of anilines is 1. The van der Waals surface area contributed by atoms with Crippen molar-refractivity contribution in [1.29, 1.82) is 0 Å². The van der Waals surface area contributed by atoms with E-state index in [-0.39, 0.29) is 15.8 Å². The van der Waals surface area contributed by atoms with E-state index >= 15 is 0 Å². The van der Waals surface area contributed by atoms with Crippen molar-refractivity contribution in [3.63, 3.8) is 0 Å². The van der Waals surface area contributed by atoms with Crippen LogP contribution in [-0.2, 0) is 14.8 Å². The quantitative estimate of drug-likeness (QED) is 0.809. The van der Waals surface area contributed by atoms with E-state index in [1.807, 2.05) is 0 Å². The highest BCUT2D eigenvalue weighted by Crippen LogP contribution is 2.26. The Morgan fingerprint density at radius 3 is 2.45 bits per heavy atom. The van der Waals surface area contributed by atoms with Crippen molar-refractivity contribution in [1.82, 2.24) is 9.62 Å². The molecule has 0 aromatic heterocycles.